The van der Waals surface area contributed by atoms with Gasteiger partial charge in [-0.1, -0.05) is 37.3 Å². The molecule has 4 nitrogen and oxygen atoms in total. The predicted molar refractivity (Wildman–Crippen MR) is 107 cm³/mol. The van der Waals surface area contributed by atoms with E-state index in [0.29, 0.717) is 12.3 Å². The van der Waals surface area contributed by atoms with Crippen LogP contribution in [0.1, 0.15) is 24.6 Å². The Hall–Kier alpha value is -2.37. The average molecular weight is 369 g/mol. The Morgan fingerprint density at radius 3 is 2.62 bits per heavy atom. The van der Waals surface area contributed by atoms with Gasteiger partial charge < -0.3 is 9.84 Å². The molecule has 1 heterocycles. The molecule has 3 rings (SSSR count). The molecular formula is C21H24N2O2S. The van der Waals surface area contributed by atoms with E-state index in [0.717, 1.165) is 47.1 Å². The van der Waals surface area contributed by atoms with E-state index in [1.165, 1.54) is 0 Å². The summed E-state index contributed by atoms with van der Waals surface area (Å²) >= 11 is 1.63. The molecule has 0 unspecified atom stereocenters. The lowest BCUT2D eigenvalue weighted by atomic mass is 10.2. The molecule has 0 atom stereocenters. The quantitative estimate of drug-likeness (QED) is 0.612. The molecule has 0 bridgehead atoms. The maximum Gasteiger partial charge on any atom is 0.129 e. The number of para-hydroxylation sites is 2. The number of rotatable bonds is 8. The molecule has 1 N–H and O–H groups in total. The van der Waals surface area contributed by atoms with E-state index >= 15 is 0 Å². The van der Waals surface area contributed by atoms with Crippen LogP contribution in [0, 0.1) is 0 Å². The van der Waals surface area contributed by atoms with E-state index in [9.17, 15) is 5.11 Å². The van der Waals surface area contributed by atoms with Gasteiger partial charge in [0.1, 0.15) is 16.5 Å². The van der Waals surface area contributed by atoms with Crippen LogP contribution in [0.25, 0.3) is 10.6 Å². The molecule has 0 aliphatic heterocycles. The van der Waals surface area contributed by atoms with Gasteiger partial charge in [-0.25, -0.2) is 4.98 Å². The molecule has 5 heteroatoms. The Labute approximate surface area is 158 Å². The molecule has 136 valence electrons. The normalized spacial score (nSPS) is 11.0. The third-order valence-electron chi connectivity index (χ3n) is 4.20. The highest BCUT2D eigenvalue weighted by Crippen LogP contribution is 2.32. The molecule has 0 saturated carbocycles. The van der Waals surface area contributed by atoms with Gasteiger partial charge >= 0.3 is 0 Å². The summed E-state index contributed by atoms with van der Waals surface area (Å²) in [6, 6.07) is 15.5. The van der Waals surface area contributed by atoms with Crippen LogP contribution in [0.15, 0.2) is 53.9 Å². The summed E-state index contributed by atoms with van der Waals surface area (Å²) in [7, 11) is 1.68. The highest BCUT2D eigenvalue weighted by Gasteiger charge is 2.13. The van der Waals surface area contributed by atoms with Crippen molar-refractivity contribution in [3.05, 3.63) is 65.2 Å². The summed E-state index contributed by atoms with van der Waals surface area (Å²) in [4.78, 5) is 7.13. The Kier molecular flexibility index (Phi) is 6.26. The molecule has 2 aromatic carbocycles. The molecular weight excluding hydrogens is 344 g/mol. The van der Waals surface area contributed by atoms with Crippen molar-refractivity contribution in [2.45, 2.75) is 26.4 Å². The average Bonchev–Trinajstić information content (AvgIpc) is 3.12. The van der Waals surface area contributed by atoms with Gasteiger partial charge in [0.2, 0.25) is 0 Å². The van der Waals surface area contributed by atoms with E-state index in [-0.39, 0.29) is 0 Å². The van der Waals surface area contributed by atoms with Crippen LogP contribution < -0.4 is 4.74 Å². The lowest BCUT2D eigenvalue weighted by molar-refractivity contribution is 0.251. The van der Waals surface area contributed by atoms with Crippen molar-refractivity contribution in [1.29, 1.82) is 0 Å². The smallest absolute Gasteiger partial charge is 0.129 e. The highest BCUT2D eigenvalue weighted by atomic mass is 32.1. The lowest BCUT2D eigenvalue weighted by Crippen LogP contribution is -2.23. The van der Waals surface area contributed by atoms with E-state index in [2.05, 4.69) is 17.2 Å². The fourth-order valence-corrected chi connectivity index (χ4v) is 3.81. The minimum atomic E-state index is 0.349. The SMILES string of the molecule is CCCN(Cc1csc(-c2ccccc2OC)n1)Cc1ccccc1O. The Balaban J connectivity index is 1.76. The molecule has 26 heavy (non-hydrogen) atoms. The molecule has 0 aliphatic carbocycles. The summed E-state index contributed by atoms with van der Waals surface area (Å²) in [6.45, 7) is 4.59. The van der Waals surface area contributed by atoms with Gasteiger partial charge in [0.05, 0.1) is 18.4 Å². The van der Waals surface area contributed by atoms with E-state index in [1.807, 2.05) is 42.5 Å². The molecule has 0 amide bonds. The van der Waals surface area contributed by atoms with Crippen LogP contribution in [0.2, 0.25) is 0 Å². The third kappa shape index (κ3) is 4.42. The minimum Gasteiger partial charge on any atom is -0.508 e. The van der Waals surface area contributed by atoms with Gasteiger partial charge in [-0.05, 0) is 31.2 Å². The minimum absolute atomic E-state index is 0.349. The lowest BCUT2D eigenvalue weighted by Gasteiger charge is -2.21. The van der Waals surface area contributed by atoms with Gasteiger partial charge in [0.15, 0.2) is 0 Å². The number of ether oxygens (including phenoxy) is 1. The van der Waals surface area contributed by atoms with Crippen molar-refractivity contribution in [3.63, 3.8) is 0 Å². The molecule has 0 saturated heterocycles. The number of benzene rings is 2. The number of aromatic nitrogens is 1. The predicted octanol–water partition coefficient (Wildman–Crippen LogP) is 4.94. The second-order valence-electron chi connectivity index (χ2n) is 6.18. The van der Waals surface area contributed by atoms with Crippen LogP contribution in [-0.4, -0.2) is 28.6 Å². The van der Waals surface area contributed by atoms with Gasteiger partial charge in [0, 0.05) is 24.0 Å². The van der Waals surface area contributed by atoms with Crippen LogP contribution >= 0.6 is 11.3 Å². The molecule has 0 spiro atoms. The van der Waals surface area contributed by atoms with Crippen molar-refractivity contribution in [2.24, 2.45) is 0 Å². The van der Waals surface area contributed by atoms with E-state index < -0.39 is 0 Å². The maximum atomic E-state index is 10.1. The van der Waals surface area contributed by atoms with Crippen LogP contribution in [0.5, 0.6) is 11.5 Å². The number of phenols is 1. The summed E-state index contributed by atoms with van der Waals surface area (Å²) in [5.74, 6) is 1.19. The van der Waals surface area contributed by atoms with Crippen molar-refractivity contribution in [1.82, 2.24) is 9.88 Å². The number of aromatic hydroxyl groups is 1. The molecule has 3 aromatic rings. The highest BCUT2D eigenvalue weighted by molar-refractivity contribution is 7.13. The first-order valence-electron chi connectivity index (χ1n) is 8.78. The van der Waals surface area contributed by atoms with Crippen LogP contribution in [-0.2, 0) is 13.1 Å². The van der Waals surface area contributed by atoms with E-state index in [4.69, 9.17) is 9.72 Å². The zero-order chi connectivity index (χ0) is 18.4. The number of hydrogen-bond acceptors (Lipinski definition) is 5. The molecule has 0 radical (unpaired) electrons. The number of thiazole rings is 1. The van der Waals surface area contributed by atoms with Crippen LogP contribution in [0.3, 0.4) is 0 Å². The molecule has 0 aliphatic rings. The number of phenolic OH excluding ortho intramolecular Hbond substituents is 1. The van der Waals surface area contributed by atoms with Crippen LogP contribution in [0.4, 0.5) is 0 Å². The van der Waals surface area contributed by atoms with Crippen molar-refractivity contribution in [2.75, 3.05) is 13.7 Å². The zero-order valence-electron chi connectivity index (χ0n) is 15.2. The number of hydrogen-bond donors (Lipinski definition) is 1. The van der Waals surface area contributed by atoms with E-state index in [1.54, 1.807) is 24.5 Å². The first kappa shape index (κ1) is 18.4. The summed E-state index contributed by atoms with van der Waals surface area (Å²) in [6.07, 6.45) is 1.05. The fraction of sp³-hybridized carbons (Fsp3) is 0.286. The van der Waals surface area contributed by atoms with Crippen molar-refractivity contribution < 1.29 is 9.84 Å². The standard InChI is InChI=1S/C21H24N2O2S/c1-3-12-23(13-16-8-4-6-10-19(16)24)14-17-15-26-21(22-17)18-9-5-7-11-20(18)25-2/h4-11,15,24H,3,12-14H2,1-2H3. The summed E-state index contributed by atoms with van der Waals surface area (Å²) < 4.78 is 5.45. The summed E-state index contributed by atoms with van der Waals surface area (Å²) in [5.41, 5.74) is 3.01. The van der Waals surface area contributed by atoms with Gasteiger partial charge in [-0.15, -0.1) is 11.3 Å². The number of methoxy groups -OCH3 is 1. The first-order chi connectivity index (χ1) is 12.7. The Bertz CT molecular complexity index is 847. The monoisotopic (exact) mass is 368 g/mol. The number of nitrogens with zero attached hydrogens (tertiary/aromatic N) is 2. The third-order valence-corrected chi connectivity index (χ3v) is 5.12. The second kappa shape index (κ2) is 8.83. The topological polar surface area (TPSA) is 45.6 Å². The first-order valence-corrected chi connectivity index (χ1v) is 9.66. The van der Waals surface area contributed by atoms with Gasteiger partial charge in [0.25, 0.3) is 0 Å². The largest absolute Gasteiger partial charge is 0.508 e. The van der Waals surface area contributed by atoms with Crippen molar-refractivity contribution >= 4 is 11.3 Å². The maximum absolute atomic E-state index is 10.1. The van der Waals surface area contributed by atoms with Gasteiger partial charge in [-0.3, -0.25) is 4.90 Å². The fourth-order valence-electron chi connectivity index (χ4n) is 2.97. The second-order valence-corrected chi connectivity index (χ2v) is 7.04. The summed E-state index contributed by atoms with van der Waals surface area (Å²) in [5, 5.41) is 13.1. The Morgan fingerprint density at radius 2 is 1.85 bits per heavy atom. The van der Waals surface area contributed by atoms with Crippen molar-refractivity contribution in [3.8, 4) is 22.1 Å². The molecule has 0 fully saturated rings. The molecule has 1 aromatic heterocycles. The Morgan fingerprint density at radius 1 is 1.08 bits per heavy atom. The van der Waals surface area contributed by atoms with Gasteiger partial charge in [-0.2, -0.15) is 0 Å². The zero-order valence-corrected chi connectivity index (χ0v) is 16.0.